The van der Waals surface area contributed by atoms with Crippen LogP contribution >= 0.6 is 0 Å². The second kappa shape index (κ2) is 5.84. The maximum Gasteiger partial charge on any atom is 0.132 e. The van der Waals surface area contributed by atoms with Gasteiger partial charge in [0, 0.05) is 37.0 Å². The second-order valence-electron chi connectivity index (χ2n) is 4.40. The third-order valence-electron chi connectivity index (χ3n) is 2.97. The number of aliphatic hydroxyl groups excluding tert-OH is 1. The molecule has 1 N–H and O–H groups in total. The summed E-state index contributed by atoms with van der Waals surface area (Å²) < 4.78 is 20.9. The molecule has 2 aromatic rings. The molecule has 102 valence electrons. The smallest absolute Gasteiger partial charge is 0.132 e. The summed E-state index contributed by atoms with van der Waals surface area (Å²) in [6.07, 6.45) is 1.62. The van der Waals surface area contributed by atoms with Gasteiger partial charge in [-0.1, -0.05) is 0 Å². The minimum atomic E-state index is -0.816. The Balaban J connectivity index is 1.93. The van der Waals surface area contributed by atoms with Crippen molar-refractivity contribution >= 4 is 0 Å². The van der Waals surface area contributed by atoms with E-state index >= 15 is 0 Å². The van der Waals surface area contributed by atoms with Gasteiger partial charge in [-0.2, -0.15) is 5.10 Å². The molecule has 1 heterocycles. The average molecular weight is 264 g/mol. The van der Waals surface area contributed by atoms with Crippen LogP contribution in [0, 0.1) is 5.82 Å². The van der Waals surface area contributed by atoms with E-state index in [-0.39, 0.29) is 5.56 Å². The number of rotatable bonds is 5. The zero-order valence-electron chi connectivity index (χ0n) is 11.0. The number of hydrogen-bond donors (Lipinski definition) is 1. The molecule has 1 atom stereocenters. The molecule has 0 fully saturated rings. The summed E-state index contributed by atoms with van der Waals surface area (Å²) in [5.74, 6) is 0.0112. The first-order valence-corrected chi connectivity index (χ1v) is 6.15. The monoisotopic (exact) mass is 264 g/mol. The number of hydrogen-bond acceptors (Lipinski definition) is 3. The lowest BCUT2D eigenvalue weighted by Crippen LogP contribution is -2.06. The van der Waals surface area contributed by atoms with Crippen molar-refractivity contribution in [3.8, 4) is 5.75 Å². The van der Waals surface area contributed by atoms with Gasteiger partial charge in [0.15, 0.2) is 0 Å². The van der Waals surface area contributed by atoms with E-state index < -0.39 is 11.9 Å². The Kier molecular flexibility index (Phi) is 4.16. The third-order valence-corrected chi connectivity index (χ3v) is 2.97. The molecule has 0 aliphatic carbocycles. The highest BCUT2D eigenvalue weighted by atomic mass is 19.1. The van der Waals surface area contributed by atoms with Gasteiger partial charge in [-0.15, -0.1) is 0 Å². The molecular formula is C14H17FN2O2. The Labute approximate surface area is 111 Å². The zero-order valence-corrected chi connectivity index (χ0v) is 11.0. The summed E-state index contributed by atoms with van der Waals surface area (Å²) in [6, 6.07) is 6.42. The Morgan fingerprint density at radius 1 is 1.42 bits per heavy atom. The molecule has 0 amide bonds. The van der Waals surface area contributed by atoms with Crippen LogP contribution in [0.5, 0.6) is 5.75 Å². The highest BCUT2D eigenvalue weighted by molar-refractivity contribution is 5.30. The van der Waals surface area contributed by atoms with Crippen molar-refractivity contribution in [2.75, 3.05) is 6.61 Å². The number of aryl methyl sites for hydroxylation is 1. The lowest BCUT2D eigenvalue weighted by molar-refractivity contribution is 0.194. The van der Waals surface area contributed by atoms with E-state index in [1.807, 2.05) is 13.1 Å². The molecular weight excluding hydrogens is 247 g/mol. The fourth-order valence-corrected chi connectivity index (χ4v) is 1.86. The van der Waals surface area contributed by atoms with E-state index in [1.165, 1.54) is 13.0 Å². The maximum absolute atomic E-state index is 13.6. The number of halogens is 1. The van der Waals surface area contributed by atoms with Gasteiger partial charge in [0.1, 0.15) is 11.6 Å². The van der Waals surface area contributed by atoms with Gasteiger partial charge in [0.25, 0.3) is 0 Å². The van der Waals surface area contributed by atoms with Crippen molar-refractivity contribution < 1.29 is 14.2 Å². The van der Waals surface area contributed by atoms with E-state index in [0.29, 0.717) is 18.8 Å². The van der Waals surface area contributed by atoms with Crippen LogP contribution in [0.15, 0.2) is 30.5 Å². The zero-order chi connectivity index (χ0) is 13.8. The molecule has 0 aliphatic heterocycles. The summed E-state index contributed by atoms with van der Waals surface area (Å²) in [5, 5.41) is 13.4. The normalized spacial score (nSPS) is 12.4. The molecule has 2 rings (SSSR count). The summed E-state index contributed by atoms with van der Waals surface area (Å²) in [6.45, 7) is 1.98. The molecule has 0 saturated carbocycles. The summed E-state index contributed by atoms with van der Waals surface area (Å²) in [5.41, 5.74) is 1.33. The molecule has 19 heavy (non-hydrogen) atoms. The first-order chi connectivity index (χ1) is 9.08. The molecule has 5 heteroatoms. The second-order valence-corrected chi connectivity index (χ2v) is 4.40. The van der Waals surface area contributed by atoms with Gasteiger partial charge >= 0.3 is 0 Å². The van der Waals surface area contributed by atoms with Crippen LogP contribution in [0.2, 0.25) is 0 Å². The van der Waals surface area contributed by atoms with E-state index in [4.69, 9.17) is 4.74 Å². The molecule has 0 radical (unpaired) electrons. The summed E-state index contributed by atoms with van der Waals surface area (Å²) >= 11 is 0. The average Bonchev–Trinajstić information content (AvgIpc) is 2.75. The van der Waals surface area contributed by atoms with Crippen LogP contribution < -0.4 is 4.74 Å². The first kappa shape index (κ1) is 13.5. The van der Waals surface area contributed by atoms with Crippen LogP contribution in [0.1, 0.15) is 24.3 Å². The van der Waals surface area contributed by atoms with Gasteiger partial charge < -0.3 is 9.84 Å². The van der Waals surface area contributed by atoms with Crippen molar-refractivity contribution in [3.05, 3.63) is 47.5 Å². The van der Waals surface area contributed by atoms with Crippen molar-refractivity contribution in [1.29, 1.82) is 0 Å². The topological polar surface area (TPSA) is 47.3 Å². The molecule has 4 nitrogen and oxygen atoms in total. The largest absolute Gasteiger partial charge is 0.493 e. The van der Waals surface area contributed by atoms with Gasteiger partial charge in [0.05, 0.1) is 12.7 Å². The van der Waals surface area contributed by atoms with Crippen LogP contribution in [-0.2, 0) is 13.5 Å². The molecule has 0 bridgehead atoms. The van der Waals surface area contributed by atoms with E-state index in [0.717, 1.165) is 5.69 Å². The first-order valence-electron chi connectivity index (χ1n) is 6.15. The van der Waals surface area contributed by atoms with Gasteiger partial charge in [-0.05, 0) is 25.1 Å². The molecule has 0 spiro atoms. The highest BCUT2D eigenvalue weighted by Gasteiger charge is 2.09. The minimum Gasteiger partial charge on any atom is -0.493 e. The molecule has 1 aromatic carbocycles. The fraction of sp³-hybridized carbons (Fsp3) is 0.357. The lowest BCUT2D eigenvalue weighted by Gasteiger charge is -2.10. The van der Waals surface area contributed by atoms with E-state index in [2.05, 4.69) is 5.10 Å². The molecule has 0 aliphatic rings. The number of ether oxygens (including phenoxy) is 1. The number of aromatic nitrogens is 2. The van der Waals surface area contributed by atoms with E-state index in [1.54, 1.807) is 23.0 Å². The predicted octanol–water partition coefficient (Wildman–Crippen LogP) is 2.23. The minimum absolute atomic E-state index is 0.277. The number of benzene rings is 1. The van der Waals surface area contributed by atoms with Crippen LogP contribution in [0.3, 0.4) is 0 Å². The Morgan fingerprint density at radius 3 is 2.79 bits per heavy atom. The van der Waals surface area contributed by atoms with Crippen LogP contribution in [0.4, 0.5) is 4.39 Å². The lowest BCUT2D eigenvalue weighted by atomic mass is 10.1. The van der Waals surface area contributed by atoms with Crippen LogP contribution in [0.25, 0.3) is 0 Å². The Morgan fingerprint density at radius 2 is 2.21 bits per heavy atom. The fourth-order valence-electron chi connectivity index (χ4n) is 1.86. The highest BCUT2D eigenvalue weighted by Crippen LogP contribution is 2.21. The van der Waals surface area contributed by atoms with Crippen molar-refractivity contribution in [3.63, 3.8) is 0 Å². The quantitative estimate of drug-likeness (QED) is 0.901. The molecule has 0 unspecified atom stereocenters. The van der Waals surface area contributed by atoms with Gasteiger partial charge in [-0.3, -0.25) is 4.68 Å². The predicted molar refractivity (Wildman–Crippen MR) is 69.4 cm³/mol. The van der Waals surface area contributed by atoms with Crippen molar-refractivity contribution in [1.82, 2.24) is 9.78 Å². The number of aliphatic hydroxyl groups is 1. The number of nitrogens with zero attached hydrogens (tertiary/aromatic N) is 2. The van der Waals surface area contributed by atoms with Crippen LogP contribution in [-0.4, -0.2) is 21.5 Å². The third kappa shape index (κ3) is 3.32. The summed E-state index contributed by atoms with van der Waals surface area (Å²) in [7, 11) is 1.87. The Bertz CT molecular complexity index is 552. The standard InChI is InChI=1S/C14H17FN2O2/c1-10(18)13-4-3-12(9-14(13)15)19-8-6-11-5-7-16-17(11)2/h3-5,7,9-10,18H,6,8H2,1-2H3/t10-/m1/s1. The van der Waals surface area contributed by atoms with Crippen molar-refractivity contribution in [2.45, 2.75) is 19.4 Å². The van der Waals surface area contributed by atoms with Gasteiger partial charge in [-0.25, -0.2) is 4.39 Å². The maximum atomic E-state index is 13.6. The van der Waals surface area contributed by atoms with E-state index in [9.17, 15) is 9.50 Å². The SMILES string of the molecule is C[C@@H](O)c1ccc(OCCc2ccnn2C)cc1F. The molecule has 1 aromatic heterocycles. The van der Waals surface area contributed by atoms with Gasteiger partial charge in [0.2, 0.25) is 0 Å². The molecule has 0 saturated heterocycles. The Hall–Kier alpha value is -1.88. The summed E-state index contributed by atoms with van der Waals surface area (Å²) in [4.78, 5) is 0. The van der Waals surface area contributed by atoms with Crippen molar-refractivity contribution in [2.24, 2.45) is 7.05 Å².